The summed E-state index contributed by atoms with van der Waals surface area (Å²) in [6, 6.07) is 14.2. The summed E-state index contributed by atoms with van der Waals surface area (Å²) in [5, 5.41) is 10.8. The van der Waals surface area contributed by atoms with Crippen LogP contribution in [0.1, 0.15) is 6.42 Å². The van der Waals surface area contributed by atoms with Gasteiger partial charge in [0.2, 0.25) is 11.8 Å². The third kappa shape index (κ3) is 5.58. The molecule has 0 unspecified atom stereocenters. The van der Waals surface area contributed by atoms with E-state index in [0.717, 1.165) is 11.8 Å². The molecule has 0 saturated carbocycles. The lowest BCUT2D eigenvalue weighted by molar-refractivity contribution is -0.123. The Kier molecular flexibility index (Phi) is 6.85. The number of amides is 1. The van der Waals surface area contributed by atoms with Crippen molar-refractivity contribution in [1.82, 2.24) is 10.2 Å². The highest BCUT2D eigenvalue weighted by atomic mass is 32.2. The molecule has 0 aliphatic carbocycles. The third-order valence-corrected chi connectivity index (χ3v) is 4.69. The highest BCUT2D eigenvalue weighted by Crippen LogP contribution is 2.32. The van der Waals surface area contributed by atoms with Crippen LogP contribution >= 0.6 is 11.8 Å². The molecular formula is C20H19N3O5S. The molecule has 29 heavy (non-hydrogen) atoms. The number of Topliss-reactive ketones (excluding diaryl/α,β-unsaturated/α-hetero) is 1. The number of benzene rings is 2. The standard InChI is InChI=1S/C20H19N3O5S/c1-26-16-9-8-13(10-17(16)27-2)19-22-23-20(28-19)29-12-15(24)11-18(25)21-14-6-4-3-5-7-14/h3-10H,11-12H2,1-2H3,(H,21,25). The maximum atomic E-state index is 12.0. The number of rotatable bonds is 9. The van der Waals surface area contributed by atoms with Gasteiger partial charge in [0, 0.05) is 11.3 Å². The second-order valence-corrected chi connectivity index (χ2v) is 6.79. The van der Waals surface area contributed by atoms with Crippen LogP contribution in [0.15, 0.2) is 58.2 Å². The molecule has 8 nitrogen and oxygen atoms in total. The first-order valence-electron chi connectivity index (χ1n) is 8.64. The van der Waals surface area contributed by atoms with Crippen molar-refractivity contribution in [1.29, 1.82) is 0 Å². The van der Waals surface area contributed by atoms with Crippen LogP contribution in [0, 0.1) is 0 Å². The molecular weight excluding hydrogens is 394 g/mol. The van der Waals surface area contributed by atoms with Crippen molar-refractivity contribution in [2.75, 3.05) is 25.3 Å². The van der Waals surface area contributed by atoms with E-state index >= 15 is 0 Å². The van der Waals surface area contributed by atoms with Crippen LogP contribution in [0.3, 0.4) is 0 Å². The minimum absolute atomic E-state index is 0.0514. The van der Waals surface area contributed by atoms with Crippen molar-refractivity contribution in [2.24, 2.45) is 0 Å². The lowest BCUT2D eigenvalue weighted by Crippen LogP contribution is -2.17. The molecule has 0 fully saturated rings. The Labute approximate surface area is 171 Å². The first-order chi connectivity index (χ1) is 14.1. The number of ketones is 1. The average Bonchev–Trinajstić information content (AvgIpc) is 3.21. The van der Waals surface area contributed by atoms with E-state index in [0.29, 0.717) is 28.6 Å². The second-order valence-electron chi connectivity index (χ2n) is 5.86. The number of thioether (sulfide) groups is 1. The SMILES string of the molecule is COc1ccc(-c2nnc(SCC(=O)CC(=O)Nc3ccccc3)o2)cc1OC. The minimum Gasteiger partial charge on any atom is -0.493 e. The quantitative estimate of drug-likeness (QED) is 0.420. The van der Waals surface area contributed by atoms with Crippen LogP contribution in [0.4, 0.5) is 5.69 Å². The van der Waals surface area contributed by atoms with Crippen molar-refractivity contribution in [3.8, 4) is 23.0 Å². The summed E-state index contributed by atoms with van der Waals surface area (Å²) < 4.78 is 16.0. The Hall–Kier alpha value is -3.33. The van der Waals surface area contributed by atoms with E-state index in [1.165, 1.54) is 7.11 Å². The first-order valence-corrected chi connectivity index (χ1v) is 9.63. The number of methoxy groups -OCH3 is 2. The fourth-order valence-electron chi connectivity index (χ4n) is 2.45. The molecule has 0 spiro atoms. The Morgan fingerprint density at radius 2 is 1.79 bits per heavy atom. The number of para-hydroxylation sites is 1. The van der Waals surface area contributed by atoms with E-state index in [2.05, 4.69) is 15.5 Å². The van der Waals surface area contributed by atoms with Gasteiger partial charge >= 0.3 is 0 Å². The predicted octanol–water partition coefficient (Wildman–Crippen LogP) is 3.44. The van der Waals surface area contributed by atoms with Gasteiger partial charge < -0.3 is 19.2 Å². The number of anilines is 1. The van der Waals surface area contributed by atoms with Gasteiger partial charge in [-0.2, -0.15) is 0 Å². The largest absolute Gasteiger partial charge is 0.493 e. The summed E-state index contributed by atoms with van der Waals surface area (Å²) in [7, 11) is 3.09. The van der Waals surface area contributed by atoms with Gasteiger partial charge in [-0.3, -0.25) is 9.59 Å². The Morgan fingerprint density at radius 3 is 2.52 bits per heavy atom. The fourth-order valence-corrected chi connectivity index (χ4v) is 3.08. The molecule has 0 radical (unpaired) electrons. The van der Waals surface area contributed by atoms with Gasteiger partial charge in [0.15, 0.2) is 17.3 Å². The summed E-state index contributed by atoms with van der Waals surface area (Å²) in [5.41, 5.74) is 1.31. The van der Waals surface area contributed by atoms with Gasteiger partial charge in [0.05, 0.1) is 26.4 Å². The zero-order chi connectivity index (χ0) is 20.6. The van der Waals surface area contributed by atoms with Crippen LogP contribution < -0.4 is 14.8 Å². The van der Waals surface area contributed by atoms with Gasteiger partial charge in [0.25, 0.3) is 5.22 Å². The molecule has 150 valence electrons. The average molecular weight is 413 g/mol. The molecule has 9 heteroatoms. The molecule has 0 bridgehead atoms. The van der Waals surface area contributed by atoms with E-state index in [9.17, 15) is 9.59 Å². The van der Waals surface area contributed by atoms with Crippen LogP contribution in [0.5, 0.6) is 11.5 Å². The van der Waals surface area contributed by atoms with Gasteiger partial charge in [-0.25, -0.2) is 0 Å². The molecule has 1 N–H and O–H groups in total. The lowest BCUT2D eigenvalue weighted by Gasteiger charge is -2.07. The highest BCUT2D eigenvalue weighted by molar-refractivity contribution is 7.99. The Balaban J connectivity index is 1.54. The van der Waals surface area contributed by atoms with E-state index in [1.807, 2.05) is 6.07 Å². The number of aromatic nitrogens is 2. The minimum atomic E-state index is -0.363. The predicted molar refractivity (Wildman–Crippen MR) is 108 cm³/mol. The molecule has 2 aromatic carbocycles. The van der Waals surface area contributed by atoms with Gasteiger partial charge in [-0.05, 0) is 30.3 Å². The molecule has 1 amide bonds. The number of nitrogens with one attached hydrogen (secondary N) is 1. The molecule has 0 aliphatic heterocycles. The van der Waals surface area contributed by atoms with E-state index in [-0.39, 0.29) is 29.1 Å². The van der Waals surface area contributed by atoms with Crippen molar-refractivity contribution >= 4 is 29.1 Å². The van der Waals surface area contributed by atoms with Crippen LogP contribution in [-0.2, 0) is 9.59 Å². The van der Waals surface area contributed by atoms with Crippen LogP contribution in [0.2, 0.25) is 0 Å². The van der Waals surface area contributed by atoms with E-state index in [1.54, 1.807) is 49.6 Å². The normalized spacial score (nSPS) is 10.4. The fraction of sp³-hybridized carbons (Fsp3) is 0.200. The number of carbonyl (C=O) groups excluding carboxylic acids is 2. The smallest absolute Gasteiger partial charge is 0.277 e. The summed E-state index contributed by atoms with van der Waals surface area (Å²) in [5.74, 6) is 0.868. The molecule has 0 aliphatic rings. The third-order valence-electron chi connectivity index (χ3n) is 3.81. The number of ether oxygens (including phenoxy) is 2. The van der Waals surface area contributed by atoms with Crippen molar-refractivity contribution in [3.63, 3.8) is 0 Å². The van der Waals surface area contributed by atoms with Gasteiger partial charge in [-0.15, -0.1) is 10.2 Å². The van der Waals surface area contributed by atoms with E-state index in [4.69, 9.17) is 13.9 Å². The zero-order valence-corrected chi connectivity index (χ0v) is 16.7. The summed E-state index contributed by atoms with van der Waals surface area (Å²) >= 11 is 1.08. The molecule has 0 saturated heterocycles. The molecule has 3 rings (SSSR count). The Bertz CT molecular complexity index is 991. The van der Waals surface area contributed by atoms with Gasteiger partial charge in [0.1, 0.15) is 0 Å². The monoisotopic (exact) mass is 413 g/mol. The van der Waals surface area contributed by atoms with E-state index < -0.39 is 0 Å². The number of nitrogens with zero attached hydrogens (tertiary/aromatic N) is 2. The maximum absolute atomic E-state index is 12.0. The topological polar surface area (TPSA) is 104 Å². The number of hydrogen-bond donors (Lipinski definition) is 1. The molecule has 3 aromatic rings. The second kappa shape index (κ2) is 9.74. The van der Waals surface area contributed by atoms with Gasteiger partial charge in [-0.1, -0.05) is 30.0 Å². The number of hydrogen-bond acceptors (Lipinski definition) is 8. The maximum Gasteiger partial charge on any atom is 0.277 e. The van der Waals surface area contributed by atoms with Crippen molar-refractivity contribution < 1.29 is 23.5 Å². The Morgan fingerprint density at radius 1 is 1.03 bits per heavy atom. The molecule has 1 aromatic heterocycles. The first kappa shape index (κ1) is 20.4. The summed E-state index contributed by atoms with van der Waals surface area (Å²) in [6.07, 6.45) is -0.224. The highest BCUT2D eigenvalue weighted by Gasteiger charge is 2.15. The van der Waals surface area contributed by atoms with Crippen LogP contribution in [-0.4, -0.2) is 41.9 Å². The lowest BCUT2D eigenvalue weighted by atomic mass is 10.2. The number of carbonyl (C=O) groups is 2. The van der Waals surface area contributed by atoms with Crippen LogP contribution in [0.25, 0.3) is 11.5 Å². The van der Waals surface area contributed by atoms with Crippen molar-refractivity contribution in [3.05, 3.63) is 48.5 Å². The zero-order valence-electron chi connectivity index (χ0n) is 15.9. The molecule has 1 heterocycles. The van der Waals surface area contributed by atoms with Crippen molar-refractivity contribution in [2.45, 2.75) is 11.6 Å². The molecule has 0 atom stereocenters. The summed E-state index contributed by atoms with van der Waals surface area (Å²) in [6.45, 7) is 0. The summed E-state index contributed by atoms with van der Waals surface area (Å²) in [4.78, 5) is 24.0.